The minimum absolute atomic E-state index is 0.0475. The summed E-state index contributed by atoms with van der Waals surface area (Å²) < 4.78 is 50.0. The standard InChI is InChI=1S/C47H63F2N5O5Si/c1-28(2)60(29(3)4,30(5)6)18-15-36-39(49)14-11-31-19-35(55)20-37(42(31)36)41-21-40-38(26-57-41)43(51-44(50-40)58-27-47-16-10-17-53(47)23-32(48)22-47)52-24-33-12-13-34(25-52)54(33)45(56)59-46(7,8)9/h11,14,19-20,28-30,32-34,41,55H,10,12-13,16-17,21-27H2,1-9H3/t32-,33?,34?,41?,47+/m1/s1. The predicted molar refractivity (Wildman–Crippen MR) is 232 cm³/mol. The lowest BCUT2D eigenvalue weighted by Gasteiger charge is -2.42. The molecule has 4 fully saturated rings. The van der Waals surface area contributed by atoms with Crippen LogP contribution in [-0.4, -0.2) is 101 Å². The van der Waals surface area contributed by atoms with Crippen LogP contribution in [-0.2, 0) is 22.5 Å². The molecule has 10 nitrogen and oxygen atoms in total. The Balaban J connectivity index is 1.17. The maximum atomic E-state index is 16.2. The van der Waals surface area contributed by atoms with Gasteiger partial charge in [-0.05, 0) is 98.8 Å². The summed E-state index contributed by atoms with van der Waals surface area (Å²) in [4.78, 5) is 29.8. The molecular formula is C47H63F2N5O5Si. The zero-order chi connectivity index (χ0) is 42.9. The van der Waals surface area contributed by atoms with Crippen LogP contribution in [0.2, 0.25) is 16.6 Å². The van der Waals surface area contributed by atoms with E-state index in [1.165, 1.54) is 6.07 Å². The first-order valence-corrected chi connectivity index (χ1v) is 24.4. The molecule has 8 rings (SSSR count). The molecule has 13 heteroatoms. The number of hydrogen-bond donors (Lipinski definition) is 1. The number of carbonyl (C=O) groups excluding carboxylic acids is 1. The third kappa shape index (κ3) is 7.74. The molecule has 60 heavy (non-hydrogen) atoms. The van der Waals surface area contributed by atoms with Crippen molar-refractivity contribution in [3.63, 3.8) is 0 Å². The molecule has 324 valence electrons. The first kappa shape index (κ1) is 42.7. The number of phenols is 1. The molecule has 0 spiro atoms. The second-order valence-electron chi connectivity index (χ2n) is 20.0. The van der Waals surface area contributed by atoms with Gasteiger partial charge in [0.2, 0.25) is 0 Å². The number of benzene rings is 2. The van der Waals surface area contributed by atoms with Crippen LogP contribution in [0.15, 0.2) is 24.3 Å². The highest BCUT2D eigenvalue weighted by molar-refractivity contribution is 6.90. The summed E-state index contributed by atoms with van der Waals surface area (Å²) in [5.41, 5.74) is 6.41. The average molecular weight is 844 g/mol. The van der Waals surface area contributed by atoms with Gasteiger partial charge in [0.1, 0.15) is 43.8 Å². The number of carbonyl (C=O) groups is 1. The first-order valence-electron chi connectivity index (χ1n) is 22.2. The maximum absolute atomic E-state index is 16.2. The van der Waals surface area contributed by atoms with Gasteiger partial charge in [-0.25, -0.2) is 13.6 Å². The van der Waals surface area contributed by atoms with E-state index in [-0.39, 0.29) is 48.7 Å². The predicted octanol–water partition coefficient (Wildman–Crippen LogP) is 9.40. The SMILES string of the molecule is CC(C)[Si](C#Cc1c(F)ccc2cc(O)cc(C3Cc4nc(OC[C@@]56CCCN5C[C@H](F)C6)nc(N5CC6CCC(C5)N6C(=O)OC(C)(C)C)c4CO3)c12)(C(C)C)C(C)C. The van der Waals surface area contributed by atoms with Crippen LogP contribution < -0.4 is 9.64 Å². The van der Waals surface area contributed by atoms with Crippen molar-refractivity contribution < 1.29 is 32.9 Å². The van der Waals surface area contributed by atoms with Crippen molar-refractivity contribution in [1.29, 1.82) is 0 Å². The van der Waals surface area contributed by atoms with Crippen LogP contribution in [0.5, 0.6) is 11.8 Å². The van der Waals surface area contributed by atoms with Crippen molar-refractivity contribution in [1.82, 2.24) is 19.8 Å². The van der Waals surface area contributed by atoms with Gasteiger partial charge >= 0.3 is 12.1 Å². The lowest BCUT2D eigenvalue weighted by molar-refractivity contribution is 0.0118. The Kier molecular flexibility index (Phi) is 11.4. The van der Waals surface area contributed by atoms with Crippen molar-refractivity contribution >= 4 is 30.8 Å². The van der Waals surface area contributed by atoms with Crippen LogP contribution in [0.25, 0.3) is 10.8 Å². The topological polar surface area (TPSA) is 100 Å². The van der Waals surface area contributed by atoms with Crippen molar-refractivity contribution in [2.24, 2.45) is 0 Å². The van der Waals surface area contributed by atoms with Crippen LogP contribution in [0.3, 0.4) is 0 Å². The Bertz CT molecular complexity index is 2170. The Morgan fingerprint density at radius 2 is 1.75 bits per heavy atom. The largest absolute Gasteiger partial charge is 0.508 e. The number of alkyl halides is 1. The van der Waals surface area contributed by atoms with Gasteiger partial charge in [0, 0.05) is 43.4 Å². The molecule has 5 aliphatic rings. The Hall–Kier alpha value is -3.99. The molecule has 1 N–H and O–H groups in total. The van der Waals surface area contributed by atoms with Crippen molar-refractivity contribution in [2.75, 3.05) is 37.7 Å². The van der Waals surface area contributed by atoms with E-state index in [1.54, 1.807) is 18.2 Å². The van der Waals surface area contributed by atoms with Gasteiger partial charge in [0.15, 0.2) is 0 Å². The normalized spacial score (nSPS) is 25.6. The molecule has 0 radical (unpaired) electrons. The summed E-state index contributed by atoms with van der Waals surface area (Å²) in [6.07, 6.45) is 2.56. The van der Waals surface area contributed by atoms with E-state index in [4.69, 9.17) is 24.2 Å². The molecule has 2 aromatic carbocycles. The zero-order valence-electron chi connectivity index (χ0n) is 36.9. The monoisotopic (exact) mass is 843 g/mol. The van der Waals surface area contributed by atoms with Gasteiger partial charge in [0.05, 0.1) is 41.6 Å². The van der Waals surface area contributed by atoms with E-state index in [0.29, 0.717) is 76.8 Å². The summed E-state index contributed by atoms with van der Waals surface area (Å²) >= 11 is 0. The molecular weight excluding hydrogens is 781 g/mol. The van der Waals surface area contributed by atoms with Crippen LogP contribution >= 0.6 is 0 Å². The van der Waals surface area contributed by atoms with E-state index in [2.05, 4.69) is 62.8 Å². The molecule has 3 aromatic rings. The fourth-order valence-electron chi connectivity index (χ4n) is 11.5. The fraction of sp³-hybridized carbons (Fsp3) is 0.638. The second kappa shape index (κ2) is 16.0. The lowest BCUT2D eigenvalue weighted by Crippen LogP contribution is -2.57. The number of rotatable bonds is 8. The number of hydrogen-bond acceptors (Lipinski definition) is 9. The van der Waals surface area contributed by atoms with Crippen molar-refractivity contribution in [3.05, 3.63) is 52.5 Å². The van der Waals surface area contributed by atoms with E-state index in [1.807, 2.05) is 25.7 Å². The average Bonchev–Trinajstić information content (AvgIpc) is 3.79. The number of halogens is 2. The smallest absolute Gasteiger partial charge is 0.410 e. The summed E-state index contributed by atoms with van der Waals surface area (Å²) in [5, 5.41) is 12.4. The number of aromatic nitrogens is 2. The molecule has 3 unspecified atom stereocenters. The number of nitrogens with zero attached hydrogens (tertiary/aromatic N) is 5. The van der Waals surface area contributed by atoms with Gasteiger partial charge < -0.3 is 24.2 Å². The molecule has 4 saturated heterocycles. The Morgan fingerprint density at radius 1 is 1.05 bits per heavy atom. The summed E-state index contributed by atoms with van der Waals surface area (Å²) in [5.74, 6) is 3.77. The third-order valence-corrected chi connectivity index (χ3v) is 20.5. The van der Waals surface area contributed by atoms with Crippen molar-refractivity contribution in [2.45, 2.75) is 160 Å². The van der Waals surface area contributed by atoms with E-state index < -0.39 is 31.8 Å². The molecule has 1 aromatic heterocycles. The molecule has 0 aliphatic carbocycles. The molecule has 6 heterocycles. The highest BCUT2D eigenvalue weighted by Gasteiger charge is 2.50. The second-order valence-corrected chi connectivity index (χ2v) is 25.6. The molecule has 5 aliphatic heterocycles. The minimum Gasteiger partial charge on any atom is -0.508 e. The van der Waals surface area contributed by atoms with Gasteiger partial charge in [-0.2, -0.15) is 9.97 Å². The van der Waals surface area contributed by atoms with Crippen molar-refractivity contribution in [3.8, 4) is 23.2 Å². The van der Waals surface area contributed by atoms with Gasteiger partial charge in [-0.15, -0.1) is 5.54 Å². The van der Waals surface area contributed by atoms with Gasteiger partial charge in [0.25, 0.3) is 0 Å². The number of amides is 1. The molecule has 1 amide bonds. The van der Waals surface area contributed by atoms with Crippen LogP contribution in [0.1, 0.15) is 123 Å². The van der Waals surface area contributed by atoms with Gasteiger partial charge in [-0.3, -0.25) is 9.80 Å². The quantitative estimate of drug-likeness (QED) is 0.176. The van der Waals surface area contributed by atoms with E-state index >= 15 is 4.39 Å². The number of fused-ring (bicyclic) bond motifs is 5. The number of ether oxygens (including phenoxy) is 3. The number of anilines is 1. The summed E-state index contributed by atoms with van der Waals surface area (Å²) in [6, 6.07) is 6.60. The zero-order valence-corrected chi connectivity index (χ0v) is 37.9. The third-order valence-electron chi connectivity index (χ3n) is 14.2. The first-order chi connectivity index (χ1) is 28.4. The fourth-order valence-corrected chi connectivity index (χ4v) is 16.7. The summed E-state index contributed by atoms with van der Waals surface area (Å²) in [7, 11) is -2.22. The number of piperazine rings is 1. The molecule has 5 atom stereocenters. The molecule has 2 bridgehead atoms. The highest BCUT2D eigenvalue weighted by atomic mass is 28.3. The Labute approximate surface area is 355 Å². The van der Waals surface area contributed by atoms with Crippen LogP contribution in [0, 0.1) is 17.3 Å². The lowest BCUT2D eigenvalue weighted by atomic mass is 9.91. The van der Waals surface area contributed by atoms with E-state index in [0.717, 1.165) is 43.5 Å². The highest BCUT2D eigenvalue weighted by Crippen LogP contribution is 2.45. The summed E-state index contributed by atoms with van der Waals surface area (Å²) in [6.45, 7) is 22.0. The van der Waals surface area contributed by atoms with Crippen LogP contribution in [0.4, 0.5) is 19.4 Å². The number of phenolic OH excluding ortho intramolecular Hbond substituents is 1. The molecule has 0 saturated carbocycles. The van der Waals surface area contributed by atoms with E-state index in [9.17, 15) is 14.3 Å². The number of aromatic hydroxyl groups is 1. The Morgan fingerprint density at radius 3 is 2.42 bits per heavy atom. The maximum Gasteiger partial charge on any atom is 0.410 e. The van der Waals surface area contributed by atoms with Gasteiger partial charge in [-0.1, -0.05) is 53.5 Å². The minimum atomic E-state index is -2.22.